The van der Waals surface area contributed by atoms with E-state index in [0.717, 1.165) is 45.0 Å². The molecular weight excluding hydrogens is 707 g/mol. The van der Waals surface area contributed by atoms with Crippen LogP contribution in [0.2, 0.25) is 0 Å². The number of rotatable bonds is 7. The van der Waals surface area contributed by atoms with Gasteiger partial charge in [0.2, 0.25) is 0 Å². The second-order valence-electron chi connectivity index (χ2n) is 14.4. The highest BCUT2D eigenvalue weighted by Gasteiger charge is 2.45. The lowest BCUT2D eigenvalue weighted by atomic mass is 9.68. The SMILES string of the molecule is [2H]c1c(-c2ccccc2)c([2H])c2c(sc3c([2H])c([2H])c([2H])c(N(c4ccc(-c5ccccc5)cc4)c4ccc(C5(c6ccccc6)c6ccccc6-c6ccccc65)cc4)c32)c1[2H]. The smallest absolute Gasteiger partial charge is 0.0713 e. The summed E-state index contributed by atoms with van der Waals surface area (Å²) in [5, 5.41) is 0.851. The normalized spacial score (nSPS) is 14.2. The van der Waals surface area contributed by atoms with Gasteiger partial charge < -0.3 is 4.90 Å². The molecule has 0 N–H and O–H groups in total. The number of thiophene rings is 1. The van der Waals surface area contributed by atoms with Crippen molar-refractivity contribution >= 4 is 48.6 Å². The summed E-state index contributed by atoms with van der Waals surface area (Å²) in [6.45, 7) is 0. The van der Waals surface area contributed by atoms with Crippen LogP contribution in [-0.2, 0) is 5.41 Å². The lowest BCUT2D eigenvalue weighted by Gasteiger charge is -2.34. The first-order valence-electron chi connectivity index (χ1n) is 22.1. The fraction of sp³-hybridized carbons (Fsp3) is 0.0182. The highest BCUT2D eigenvalue weighted by atomic mass is 32.1. The van der Waals surface area contributed by atoms with Gasteiger partial charge in [-0.2, -0.15) is 0 Å². The van der Waals surface area contributed by atoms with Crippen LogP contribution in [0, 0.1) is 0 Å². The first-order chi connectivity index (χ1) is 30.8. The van der Waals surface area contributed by atoms with Gasteiger partial charge in [0, 0.05) is 31.5 Å². The van der Waals surface area contributed by atoms with Crippen molar-refractivity contribution in [2.45, 2.75) is 5.41 Å². The molecule has 0 atom stereocenters. The summed E-state index contributed by atoms with van der Waals surface area (Å²) in [4.78, 5) is 1.97. The van der Waals surface area contributed by atoms with Crippen LogP contribution >= 0.6 is 11.3 Å². The van der Waals surface area contributed by atoms with Crippen LogP contribution in [0.5, 0.6) is 0 Å². The number of nitrogens with zero attached hydrogens (tertiary/aromatic N) is 1. The van der Waals surface area contributed by atoms with E-state index >= 15 is 0 Å². The van der Waals surface area contributed by atoms with Gasteiger partial charge in [-0.15, -0.1) is 11.3 Å². The molecule has 0 amide bonds. The fourth-order valence-corrected chi connectivity index (χ4v) is 9.73. The second-order valence-corrected chi connectivity index (χ2v) is 15.4. The summed E-state index contributed by atoms with van der Waals surface area (Å²) in [7, 11) is 0. The lowest BCUT2D eigenvalue weighted by molar-refractivity contribution is 0.768. The molecular formula is C55H37NS. The molecule has 268 valence electrons. The van der Waals surface area contributed by atoms with Crippen LogP contribution in [0.3, 0.4) is 0 Å². The summed E-state index contributed by atoms with van der Waals surface area (Å²) in [6.07, 6.45) is 0. The third kappa shape index (κ3) is 5.37. The quantitative estimate of drug-likeness (QED) is 0.157. The molecule has 10 aromatic rings. The van der Waals surface area contributed by atoms with Gasteiger partial charge in [-0.1, -0.05) is 176 Å². The standard InChI is InChI=1S/C55H37NS/c1-4-15-38(16-5-1)40-27-32-44(33-28-40)56(51-25-14-26-53-54(51)48-37-41(29-36-52(48)57-53)39-17-6-2-7-18-39)45-34-30-43(31-35-45)55(42-19-8-3-9-20-42)49-23-12-10-21-46(49)47-22-11-13-24-50(47)55/h1-37H/i14D,25D,26D,29D,36D,37D. The Hall–Kier alpha value is -7.00. The van der Waals surface area contributed by atoms with E-state index in [0.29, 0.717) is 37.0 Å². The van der Waals surface area contributed by atoms with E-state index in [9.17, 15) is 6.85 Å². The first kappa shape index (κ1) is 27.6. The van der Waals surface area contributed by atoms with E-state index in [2.05, 4.69) is 109 Å². The molecule has 1 nitrogen and oxygen atoms in total. The second kappa shape index (κ2) is 13.6. The van der Waals surface area contributed by atoms with Crippen molar-refractivity contribution in [1.29, 1.82) is 0 Å². The van der Waals surface area contributed by atoms with Gasteiger partial charge >= 0.3 is 0 Å². The average molecular weight is 750 g/mol. The van der Waals surface area contributed by atoms with E-state index in [1.54, 1.807) is 0 Å². The zero-order valence-electron chi connectivity index (χ0n) is 36.8. The Morgan fingerprint density at radius 3 is 1.56 bits per heavy atom. The number of anilines is 3. The molecule has 1 heterocycles. The molecule has 1 aromatic heterocycles. The van der Waals surface area contributed by atoms with E-state index in [1.807, 2.05) is 83.8 Å². The molecule has 0 saturated heterocycles. The van der Waals surface area contributed by atoms with Gasteiger partial charge in [-0.3, -0.25) is 0 Å². The summed E-state index contributed by atoms with van der Waals surface area (Å²) in [5.74, 6) is 0. The summed E-state index contributed by atoms with van der Waals surface area (Å²) < 4.78 is 57.0. The van der Waals surface area contributed by atoms with Crippen LogP contribution in [0.4, 0.5) is 17.1 Å². The topological polar surface area (TPSA) is 3.24 Å². The minimum atomic E-state index is -0.625. The Balaban J connectivity index is 1.19. The molecule has 1 aliphatic carbocycles. The number of benzene rings is 9. The predicted molar refractivity (Wildman–Crippen MR) is 242 cm³/mol. The zero-order valence-corrected chi connectivity index (χ0v) is 31.6. The van der Waals surface area contributed by atoms with Crippen LogP contribution in [0.15, 0.2) is 224 Å². The number of hydrogen-bond acceptors (Lipinski definition) is 2. The highest BCUT2D eigenvalue weighted by Crippen LogP contribution is 2.56. The van der Waals surface area contributed by atoms with Crippen LogP contribution in [-0.4, -0.2) is 0 Å². The molecule has 0 radical (unpaired) electrons. The highest BCUT2D eigenvalue weighted by molar-refractivity contribution is 7.26. The minimum absolute atomic E-state index is 0.0454. The van der Waals surface area contributed by atoms with Crippen molar-refractivity contribution in [3.8, 4) is 33.4 Å². The van der Waals surface area contributed by atoms with E-state index in [-0.39, 0.29) is 36.3 Å². The number of hydrogen-bond donors (Lipinski definition) is 0. The molecule has 0 unspecified atom stereocenters. The maximum Gasteiger partial charge on any atom is 0.0713 e. The van der Waals surface area contributed by atoms with Crippen molar-refractivity contribution in [3.05, 3.63) is 247 Å². The Morgan fingerprint density at radius 2 is 0.930 bits per heavy atom. The van der Waals surface area contributed by atoms with E-state index < -0.39 is 5.41 Å². The molecule has 1 aliphatic rings. The number of fused-ring (bicyclic) bond motifs is 6. The molecule has 2 heteroatoms. The van der Waals surface area contributed by atoms with Gasteiger partial charge in [0.05, 0.1) is 19.3 Å². The third-order valence-corrected chi connectivity index (χ3v) is 12.3. The predicted octanol–water partition coefficient (Wildman–Crippen LogP) is 15.2. The van der Waals surface area contributed by atoms with Gasteiger partial charge in [-0.25, -0.2) is 0 Å². The van der Waals surface area contributed by atoms with Gasteiger partial charge in [0.1, 0.15) is 0 Å². The maximum absolute atomic E-state index is 9.74. The Bertz CT molecular complexity index is 3340. The van der Waals surface area contributed by atoms with E-state index in [4.69, 9.17) is 1.37 Å². The monoisotopic (exact) mass is 749 g/mol. The molecule has 57 heavy (non-hydrogen) atoms. The van der Waals surface area contributed by atoms with Crippen LogP contribution in [0.25, 0.3) is 53.6 Å². The van der Waals surface area contributed by atoms with Crippen molar-refractivity contribution in [3.63, 3.8) is 0 Å². The van der Waals surface area contributed by atoms with Crippen molar-refractivity contribution in [2.24, 2.45) is 0 Å². The van der Waals surface area contributed by atoms with Crippen molar-refractivity contribution in [2.75, 3.05) is 4.90 Å². The molecule has 0 fully saturated rings. The van der Waals surface area contributed by atoms with Gasteiger partial charge in [-0.05, 0) is 104 Å². The summed E-state index contributed by atoms with van der Waals surface area (Å²) in [6, 6.07) is 63.2. The molecule has 0 aliphatic heterocycles. The molecule has 0 spiro atoms. The average Bonchev–Trinajstić information content (AvgIpc) is 3.88. The van der Waals surface area contributed by atoms with Crippen LogP contribution in [0.1, 0.15) is 30.5 Å². The maximum atomic E-state index is 9.74. The zero-order chi connectivity index (χ0) is 43.0. The van der Waals surface area contributed by atoms with Gasteiger partial charge in [0.25, 0.3) is 0 Å². The first-order valence-corrected chi connectivity index (χ1v) is 19.9. The van der Waals surface area contributed by atoms with Crippen LogP contribution < -0.4 is 4.90 Å². The Morgan fingerprint density at radius 1 is 0.421 bits per heavy atom. The molecule has 0 bridgehead atoms. The van der Waals surface area contributed by atoms with Crippen molar-refractivity contribution in [1.82, 2.24) is 0 Å². The largest absolute Gasteiger partial charge is 0.310 e. The summed E-state index contributed by atoms with van der Waals surface area (Å²) >= 11 is 1.15. The molecule has 9 aromatic carbocycles. The molecule has 0 saturated carbocycles. The summed E-state index contributed by atoms with van der Waals surface area (Å²) in [5.41, 5.74) is 11.2. The fourth-order valence-electron chi connectivity index (χ4n) is 8.77. The van der Waals surface area contributed by atoms with E-state index in [1.165, 1.54) is 22.3 Å². The van der Waals surface area contributed by atoms with Gasteiger partial charge in [0.15, 0.2) is 0 Å². The van der Waals surface area contributed by atoms with Crippen molar-refractivity contribution < 1.29 is 8.22 Å². The molecule has 11 rings (SSSR count). The Kier molecular flexibility index (Phi) is 6.59. The minimum Gasteiger partial charge on any atom is -0.310 e. The lowest BCUT2D eigenvalue weighted by Crippen LogP contribution is -2.28. The third-order valence-electron chi connectivity index (χ3n) is 11.3. The Labute approximate surface area is 345 Å².